The first-order valence-corrected chi connectivity index (χ1v) is 5.82. The van der Waals surface area contributed by atoms with Crippen LogP contribution in [0.3, 0.4) is 0 Å². The smallest absolute Gasteiger partial charge is 0.302 e. The molecule has 1 N–H and O–H groups in total. The second-order valence-corrected chi connectivity index (χ2v) is 5.16. The van der Waals surface area contributed by atoms with Gasteiger partial charge in [0.2, 0.25) is 0 Å². The molecule has 2 bridgehead atoms. The van der Waals surface area contributed by atoms with Crippen molar-refractivity contribution in [3.8, 4) is 0 Å². The summed E-state index contributed by atoms with van der Waals surface area (Å²) in [4.78, 5) is 10.9. The van der Waals surface area contributed by atoms with Crippen molar-refractivity contribution in [2.24, 2.45) is 23.2 Å². The molecule has 0 radical (unpaired) electrons. The highest BCUT2D eigenvalue weighted by molar-refractivity contribution is 5.66. The van der Waals surface area contributed by atoms with Gasteiger partial charge < -0.3 is 9.84 Å². The van der Waals surface area contributed by atoms with Crippen LogP contribution in [0.4, 0.5) is 0 Å². The fourth-order valence-corrected chi connectivity index (χ4v) is 3.72. The summed E-state index contributed by atoms with van der Waals surface area (Å²) >= 11 is 0. The van der Waals surface area contributed by atoms with Crippen LogP contribution in [-0.2, 0) is 9.53 Å². The predicted octanol–water partition coefficient (Wildman–Crippen LogP) is 1.29. The molecule has 1 fully saturated rings. The summed E-state index contributed by atoms with van der Waals surface area (Å²) in [5.74, 6) is 0.845. The number of esters is 1. The fraction of sp³-hybridized carbons (Fsp3) is 0.615. The molecule has 0 saturated heterocycles. The van der Waals surface area contributed by atoms with Crippen molar-refractivity contribution in [1.29, 1.82) is 0 Å². The Kier molecular flexibility index (Phi) is 2.02. The largest absolute Gasteiger partial charge is 0.465 e. The second-order valence-electron chi connectivity index (χ2n) is 5.16. The van der Waals surface area contributed by atoms with Gasteiger partial charge in [-0.05, 0) is 18.3 Å². The lowest BCUT2D eigenvalue weighted by molar-refractivity contribution is -0.145. The van der Waals surface area contributed by atoms with Crippen LogP contribution in [0.5, 0.6) is 0 Å². The van der Waals surface area contributed by atoms with E-state index < -0.39 is 0 Å². The first-order valence-electron chi connectivity index (χ1n) is 5.82. The van der Waals surface area contributed by atoms with Gasteiger partial charge in [-0.15, -0.1) is 0 Å². The topological polar surface area (TPSA) is 46.5 Å². The third-order valence-electron chi connectivity index (χ3n) is 4.39. The number of rotatable bonds is 2. The van der Waals surface area contributed by atoms with Crippen molar-refractivity contribution in [3.05, 3.63) is 24.3 Å². The van der Waals surface area contributed by atoms with Crippen molar-refractivity contribution < 1.29 is 14.6 Å². The quantitative estimate of drug-likeness (QED) is 0.563. The predicted molar refractivity (Wildman–Crippen MR) is 58.4 cm³/mol. The summed E-state index contributed by atoms with van der Waals surface area (Å²) in [7, 11) is 0. The average molecular weight is 220 g/mol. The number of hydrogen-bond donors (Lipinski definition) is 1. The molecule has 5 atom stereocenters. The van der Waals surface area contributed by atoms with Gasteiger partial charge in [0.25, 0.3) is 0 Å². The maximum atomic E-state index is 10.9. The molecule has 3 heteroatoms. The number of hydrogen-bond acceptors (Lipinski definition) is 3. The molecule has 3 nitrogen and oxygen atoms in total. The van der Waals surface area contributed by atoms with E-state index in [1.807, 2.05) is 6.08 Å². The van der Waals surface area contributed by atoms with Crippen LogP contribution in [-0.4, -0.2) is 23.8 Å². The van der Waals surface area contributed by atoms with E-state index in [0.29, 0.717) is 18.4 Å². The zero-order valence-electron chi connectivity index (χ0n) is 9.30. The van der Waals surface area contributed by atoms with Gasteiger partial charge in [0.05, 0.1) is 6.10 Å². The minimum atomic E-state index is -0.379. The average Bonchev–Trinajstić information content (AvgIpc) is 2.88. The van der Waals surface area contributed by atoms with E-state index in [1.165, 1.54) is 6.92 Å². The van der Waals surface area contributed by atoms with Crippen molar-refractivity contribution in [2.75, 3.05) is 6.61 Å². The molecule has 3 rings (SSSR count). The molecule has 0 aromatic rings. The first-order chi connectivity index (χ1) is 7.63. The zero-order valence-corrected chi connectivity index (χ0v) is 9.30. The van der Waals surface area contributed by atoms with Crippen LogP contribution in [0.25, 0.3) is 0 Å². The maximum absolute atomic E-state index is 10.9. The molecule has 0 heterocycles. The van der Waals surface area contributed by atoms with Crippen LogP contribution >= 0.6 is 0 Å². The van der Waals surface area contributed by atoms with E-state index in [4.69, 9.17) is 4.74 Å². The van der Waals surface area contributed by atoms with Gasteiger partial charge in [-0.1, -0.05) is 24.3 Å². The van der Waals surface area contributed by atoms with Crippen molar-refractivity contribution >= 4 is 5.97 Å². The molecular formula is C13H16O3. The lowest BCUT2D eigenvalue weighted by Gasteiger charge is -2.36. The highest BCUT2D eigenvalue weighted by Gasteiger charge is 2.59. The Bertz CT molecular complexity index is 385. The van der Waals surface area contributed by atoms with Gasteiger partial charge in [-0.25, -0.2) is 0 Å². The lowest BCUT2D eigenvalue weighted by atomic mass is 9.71. The molecule has 0 aromatic heterocycles. The van der Waals surface area contributed by atoms with Gasteiger partial charge in [-0.3, -0.25) is 4.79 Å². The monoisotopic (exact) mass is 220 g/mol. The number of fused-ring (bicyclic) bond motifs is 5. The number of aliphatic hydroxyl groups is 1. The van der Waals surface area contributed by atoms with Crippen molar-refractivity contribution in [2.45, 2.75) is 19.4 Å². The molecule has 0 aliphatic heterocycles. The first kappa shape index (κ1) is 10.1. The molecular weight excluding hydrogens is 204 g/mol. The van der Waals surface area contributed by atoms with E-state index in [9.17, 15) is 9.90 Å². The van der Waals surface area contributed by atoms with Crippen LogP contribution < -0.4 is 0 Å². The molecule has 3 aliphatic carbocycles. The Morgan fingerprint density at radius 2 is 2.31 bits per heavy atom. The van der Waals surface area contributed by atoms with E-state index in [-0.39, 0.29) is 23.4 Å². The Hall–Kier alpha value is -1.09. The third kappa shape index (κ3) is 1.15. The molecule has 86 valence electrons. The lowest BCUT2D eigenvalue weighted by Crippen LogP contribution is -2.39. The van der Waals surface area contributed by atoms with Crippen LogP contribution in [0, 0.1) is 23.2 Å². The zero-order chi connectivity index (χ0) is 11.3. The maximum Gasteiger partial charge on any atom is 0.302 e. The molecule has 16 heavy (non-hydrogen) atoms. The van der Waals surface area contributed by atoms with Crippen molar-refractivity contribution in [3.63, 3.8) is 0 Å². The van der Waals surface area contributed by atoms with E-state index in [0.717, 1.165) is 6.42 Å². The highest BCUT2D eigenvalue weighted by atomic mass is 16.5. The van der Waals surface area contributed by atoms with E-state index in [1.54, 1.807) is 0 Å². The van der Waals surface area contributed by atoms with Gasteiger partial charge in [0, 0.05) is 18.3 Å². The van der Waals surface area contributed by atoms with Gasteiger partial charge in [0.1, 0.15) is 6.61 Å². The van der Waals surface area contributed by atoms with Gasteiger partial charge in [0.15, 0.2) is 0 Å². The summed E-state index contributed by atoms with van der Waals surface area (Å²) in [6.45, 7) is 1.84. The fourth-order valence-electron chi connectivity index (χ4n) is 3.72. The summed E-state index contributed by atoms with van der Waals surface area (Å²) in [6, 6.07) is 0. The third-order valence-corrected chi connectivity index (χ3v) is 4.39. The number of allylic oxidation sites excluding steroid dienone is 2. The molecule has 3 unspecified atom stereocenters. The second kappa shape index (κ2) is 3.20. The van der Waals surface area contributed by atoms with Crippen LogP contribution in [0.2, 0.25) is 0 Å². The number of carbonyl (C=O) groups is 1. The Balaban J connectivity index is 1.89. The number of carbonyl (C=O) groups excluding carboxylic acids is 1. The normalized spacial score (nSPS) is 47.4. The minimum absolute atomic E-state index is 0.134. The summed E-state index contributed by atoms with van der Waals surface area (Å²) < 4.78 is 5.20. The van der Waals surface area contributed by atoms with Crippen LogP contribution in [0.15, 0.2) is 24.3 Å². The SMILES string of the molecule is CC(=O)OC[C@@]12C=C[C@H](O)C1C1C=CC2C1. The molecule has 0 amide bonds. The standard InChI is InChI=1S/C13H16O3/c1-8(14)16-7-13-5-4-11(15)12(13)9-2-3-10(13)6-9/h2-5,9-12,15H,6-7H2,1H3/t9?,10?,11-,12?,13+/m0/s1. The Labute approximate surface area is 94.8 Å². The van der Waals surface area contributed by atoms with E-state index >= 15 is 0 Å². The van der Waals surface area contributed by atoms with Crippen LogP contribution in [0.1, 0.15) is 13.3 Å². The molecule has 3 aliphatic rings. The summed E-state index contributed by atoms with van der Waals surface area (Å²) in [5.41, 5.74) is -0.134. The minimum Gasteiger partial charge on any atom is -0.465 e. The Morgan fingerprint density at radius 3 is 3.06 bits per heavy atom. The Morgan fingerprint density at radius 1 is 1.50 bits per heavy atom. The van der Waals surface area contributed by atoms with Gasteiger partial charge in [-0.2, -0.15) is 0 Å². The molecule has 0 aromatic carbocycles. The molecule has 1 saturated carbocycles. The van der Waals surface area contributed by atoms with E-state index in [2.05, 4.69) is 18.2 Å². The summed E-state index contributed by atoms with van der Waals surface area (Å²) in [5, 5.41) is 9.99. The van der Waals surface area contributed by atoms with Gasteiger partial charge >= 0.3 is 5.97 Å². The van der Waals surface area contributed by atoms with Crippen molar-refractivity contribution in [1.82, 2.24) is 0 Å². The number of ether oxygens (including phenoxy) is 1. The molecule has 0 spiro atoms. The summed E-state index contributed by atoms with van der Waals surface area (Å²) in [6.07, 6.45) is 9.06. The highest BCUT2D eigenvalue weighted by Crippen LogP contribution is 2.60. The number of aliphatic hydroxyl groups excluding tert-OH is 1.